The number of nitrogens with one attached hydrogen (secondary N) is 2. The maximum atomic E-state index is 12.6. The molecule has 39 heavy (non-hydrogen) atoms. The average Bonchev–Trinajstić information content (AvgIpc) is 2.71. The van der Waals surface area contributed by atoms with Gasteiger partial charge in [0, 0.05) is 11.5 Å². The van der Waals surface area contributed by atoms with Crippen LogP contribution in [0.5, 0.6) is 0 Å². The summed E-state index contributed by atoms with van der Waals surface area (Å²) >= 11 is 0. The number of amides is 2. The van der Waals surface area contributed by atoms with Gasteiger partial charge in [0.15, 0.2) is 0 Å². The van der Waals surface area contributed by atoms with Crippen molar-refractivity contribution in [2.45, 2.75) is 21.6 Å². The van der Waals surface area contributed by atoms with E-state index >= 15 is 0 Å². The van der Waals surface area contributed by atoms with E-state index in [1.807, 2.05) is 5.32 Å². The Balaban J connectivity index is 0.00000481. The molecule has 192 valence electrons. The van der Waals surface area contributed by atoms with Crippen LogP contribution in [0, 0.1) is 17.0 Å². The molecule has 0 saturated heterocycles. The van der Waals surface area contributed by atoms with Crippen LogP contribution >= 0.6 is 0 Å². The second-order valence-corrected chi connectivity index (χ2v) is 11.3. The fourth-order valence-electron chi connectivity index (χ4n) is 3.18. The first-order valence-corrected chi connectivity index (χ1v) is 13.4. The van der Waals surface area contributed by atoms with Gasteiger partial charge in [0.25, 0.3) is 5.69 Å². The first kappa shape index (κ1) is 38.3. The number of fused-ring (bicyclic) bond motifs is 1. The second-order valence-electron chi connectivity index (χ2n) is 7.21. The minimum Gasteiger partial charge on any atom is -0.744 e. The average molecular weight is 627 g/mol. The summed E-state index contributed by atoms with van der Waals surface area (Å²) in [5.41, 5.74) is -1.14. The molecule has 0 aliphatic carbocycles. The zero-order valence-corrected chi connectivity index (χ0v) is 29.1. The van der Waals surface area contributed by atoms with Gasteiger partial charge >= 0.3 is 94.7 Å². The van der Waals surface area contributed by atoms with Crippen molar-refractivity contribution in [3.63, 3.8) is 0 Å². The van der Waals surface area contributed by atoms with Crippen LogP contribution in [0.1, 0.15) is 5.56 Å². The van der Waals surface area contributed by atoms with Gasteiger partial charge in [0.2, 0.25) is 0 Å². The van der Waals surface area contributed by atoms with Crippen molar-refractivity contribution >= 4 is 64.2 Å². The van der Waals surface area contributed by atoms with E-state index in [0.717, 1.165) is 6.07 Å². The third-order valence-corrected chi connectivity index (χ3v) is 7.14. The van der Waals surface area contributed by atoms with Crippen LogP contribution in [0.4, 0.5) is 21.9 Å². The molecule has 0 aliphatic rings. The summed E-state index contributed by atoms with van der Waals surface area (Å²) in [7, 11) is -16.2. The quantitative estimate of drug-likeness (QED) is 0.112. The van der Waals surface area contributed by atoms with Crippen LogP contribution in [0.2, 0.25) is 0 Å². The molecule has 2 N–H and O–H groups in total. The Bertz CT molecular complexity index is 1780. The topological polar surface area (TPSA) is 256 Å². The standard InChI is InChI=1S/C18H15N3O12S3.3Na/c1-9-2-3-13(15(4-9)21(23)24)19-18(22)20-14-7-11(34(25,26)27)5-10-6-12(35(28,29)30)8-16(17(10)14)36(31,32)33;;;/h2-8H,1H3,(H2,19,20,22)(H,25,26,27)(H,28,29,30)(H,31,32,33);;;/q;3*+1/p-3. The first-order valence-electron chi connectivity index (χ1n) is 9.20. The van der Waals surface area contributed by atoms with E-state index in [4.69, 9.17) is 0 Å². The Labute approximate surface area is 288 Å². The van der Waals surface area contributed by atoms with Gasteiger partial charge in [0.1, 0.15) is 36.0 Å². The number of hydrogen-bond acceptors (Lipinski definition) is 12. The minimum absolute atomic E-state index is 0. The van der Waals surface area contributed by atoms with E-state index in [1.165, 1.54) is 12.1 Å². The number of rotatable bonds is 6. The van der Waals surface area contributed by atoms with Gasteiger partial charge in [-0.05, 0) is 48.2 Å². The molecule has 0 aliphatic heterocycles. The monoisotopic (exact) mass is 627 g/mol. The van der Waals surface area contributed by atoms with Crippen LogP contribution < -0.4 is 99.3 Å². The molecule has 0 atom stereocenters. The number of carbonyl (C=O) groups is 1. The van der Waals surface area contributed by atoms with Crippen molar-refractivity contribution in [3.8, 4) is 0 Å². The minimum atomic E-state index is -5.54. The van der Waals surface area contributed by atoms with E-state index in [9.17, 15) is 53.8 Å². The number of anilines is 2. The van der Waals surface area contributed by atoms with Gasteiger partial charge in [-0.2, -0.15) is 0 Å². The summed E-state index contributed by atoms with van der Waals surface area (Å²) in [6.07, 6.45) is 0. The Hall–Kier alpha value is -0.680. The Kier molecular flexibility index (Phi) is 13.7. The molecule has 0 fully saturated rings. The summed E-state index contributed by atoms with van der Waals surface area (Å²) < 4.78 is 105. The molecule has 3 aromatic carbocycles. The van der Waals surface area contributed by atoms with Gasteiger partial charge in [-0.1, -0.05) is 6.07 Å². The summed E-state index contributed by atoms with van der Waals surface area (Å²) in [6.45, 7) is 1.54. The molecule has 3 rings (SSSR count). The molecule has 15 nitrogen and oxygen atoms in total. The number of nitro benzene ring substituents is 1. The number of nitro groups is 1. The Morgan fingerprint density at radius 3 is 1.69 bits per heavy atom. The number of benzene rings is 3. The Morgan fingerprint density at radius 1 is 0.744 bits per heavy atom. The van der Waals surface area contributed by atoms with Gasteiger partial charge < -0.3 is 24.3 Å². The normalized spacial score (nSPS) is 11.4. The second kappa shape index (κ2) is 14.0. The van der Waals surface area contributed by atoms with Crippen molar-refractivity contribution < 1.29 is 137 Å². The Morgan fingerprint density at radius 2 is 1.23 bits per heavy atom. The van der Waals surface area contributed by atoms with Crippen molar-refractivity contribution in [1.29, 1.82) is 0 Å². The number of aryl methyl sites for hydroxylation is 1. The number of hydrogen-bond donors (Lipinski definition) is 2. The van der Waals surface area contributed by atoms with E-state index in [2.05, 4.69) is 5.32 Å². The molecule has 0 saturated carbocycles. The molecule has 2 amide bonds. The van der Waals surface area contributed by atoms with E-state index in [-0.39, 0.29) is 100 Å². The molecular formula is C18H12N3Na3O12S3. The summed E-state index contributed by atoms with van der Waals surface area (Å²) in [4.78, 5) is 19.4. The zero-order chi connectivity index (χ0) is 27.2. The third kappa shape index (κ3) is 9.42. The maximum absolute atomic E-state index is 12.6. The number of urea groups is 1. The summed E-state index contributed by atoms with van der Waals surface area (Å²) in [6, 6.07) is 4.14. The van der Waals surface area contributed by atoms with E-state index in [1.54, 1.807) is 6.92 Å². The molecule has 0 spiro atoms. The van der Waals surface area contributed by atoms with E-state index in [0.29, 0.717) is 23.8 Å². The van der Waals surface area contributed by atoms with Gasteiger partial charge in [0.05, 0.1) is 25.3 Å². The summed E-state index contributed by atoms with van der Waals surface area (Å²) in [5, 5.41) is 14.0. The summed E-state index contributed by atoms with van der Waals surface area (Å²) in [5.74, 6) is 0. The van der Waals surface area contributed by atoms with Gasteiger partial charge in [-0.25, -0.2) is 30.0 Å². The van der Waals surface area contributed by atoms with Crippen molar-refractivity contribution in [1.82, 2.24) is 0 Å². The first-order chi connectivity index (χ1) is 16.4. The molecule has 3 aromatic rings. The van der Waals surface area contributed by atoms with Crippen molar-refractivity contribution in [3.05, 3.63) is 58.1 Å². The van der Waals surface area contributed by atoms with Crippen LogP contribution in [-0.2, 0) is 30.4 Å². The molecular weight excluding hydrogens is 615 g/mol. The van der Waals surface area contributed by atoms with Gasteiger partial charge in [-0.15, -0.1) is 0 Å². The SMILES string of the molecule is Cc1ccc(NC(=O)Nc2cc(S(=O)(=O)[O-])cc3cc(S(=O)(=O)[O-])cc(S(=O)(=O)[O-])c23)c([N+](=O)[O-])c1.[Na+].[Na+].[Na+]. The largest absolute Gasteiger partial charge is 1.00 e. The fourth-order valence-corrected chi connectivity index (χ4v) is 5.07. The smallest absolute Gasteiger partial charge is 0.744 e. The van der Waals surface area contributed by atoms with Crippen LogP contribution in [0.25, 0.3) is 10.8 Å². The third-order valence-electron chi connectivity index (χ3n) is 4.65. The van der Waals surface area contributed by atoms with Crippen molar-refractivity contribution in [2.75, 3.05) is 10.6 Å². The molecule has 0 heterocycles. The predicted molar refractivity (Wildman–Crippen MR) is 118 cm³/mol. The number of carbonyl (C=O) groups excluding carboxylic acids is 1. The van der Waals surface area contributed by atoms with Crippen LogP contribution in [-0.4, -0.2) is 49.9 Å². The maximum Gasteiger partial charge on any atom is 1.00 e. The molecule has 0 aromatic heterocycles. The molecule has 0 bridgehead atoms. The van der Waals surface area contributed by atoms with Crippen LogP contribution in [0.15, 0.2) is 57.2 Å². The van der Waals surface area contributed by atoms with Crippen LogP contribution in [0.3, 0.4) is 0 Å². The fraction of sp³-hybridized carbons (Fsp3) is 0.0556. The molecule has 21 heteroatoms. The van der Waals surface area contributed by atoms with Gasteiger partial charge in [-0.3, -0.25) is 10.1 Å². The zero-order valence-electron chi connectivity index (χ0n) is 20.6. The molecule has 0 unspecified atom stereocenters. The van der Waals surface area contributed by atoms with Crippen molar-refractivity contribution in [2.24, 2.45) is 0 Å². The molecule has 0 radical (unpaired) electrons. The van der Waals surface area contributed by atoms with E-state index < -0.39 is 78.1 Å². The predicted octanol–water partition coefficient (Wildman–Crippen LogP) is -7.58. The number of nitrogens with zero attached hydrogens (tertiary/aromatic N) is 1.